The molecule has 1 atom stereocenters. The molecule has 1 aromatic carbocycles. The van der Waals surface area contributed by atoms with Crippen LogP contribution in [0.2, 0.25) is 0 Å². The molecule has 1 aromatic rings. The lowest BCUT2D eigenvalue weighted by molar-refractivity contribution is 0.618. The maximum atomic E-state index is 5.84. The van der Waals surface area contributed by atoms with Crippen LogP contribution in [-0.2, 0) is 0 Å². The van der Waals surface area contributed by atoms with Crippen LogP contribution in [0.25, 0.3) is 0 Å². The summed E-state index contributed by atoms with van der Waals surface area (Å²) >= 11 is 1.83. The van der Waals surface area contributed by atoms with Crippen molar-refractivity contribution in [1.29, 1.82) is 0 Å². The van der Waals surface area contributed by atoms with Gasteiger partial charge in [0.05, 0.1) is 0 Å². The predicted octanol–water partition coefficient (Wildman–Crippen LogP) is 2.88. The van der Waals surface area contributed by atoms with Crippen molar-refractivity contribution < 1.29 is 0 Å². The van der Waals surface area contributed by atoms with Crippen LogP contribution in [0, 0.1) is 0 Å². The number of nitrogen functional groups attached to an aromatic ring is 1. The standard InChI is InChI=1S/C12H20N2S/c1-10(13)6-4-5-9-15-12-8-3-2-7-11(12)14/h2-3,7-8,10H,4-6,9,13-14H2,1H3. The molecule has 84 valence electrons. The average Bonchev–Trinajstić information content (AvgIpc) is 2.20. The summed E-state index contributed by atoms with van der Waals surface area (Å²) in [6, 6.07) is 8.35. The van der Waals surface area contributed by atoms with Crippen LogP contribution >= 0.6 is 11.8 Å². The number of para-hydroxylation sites is 1. The zero-order chi connectivity index (χ0) is 11.1. The smallest absolute Gasteiger partial charge is 0.0452 e. The number of hydrogen-bond acceptors (Lipinski definition) is 3. The van der Waals surface area contributed by atoms with E-state index in [9.17, 15) is 0 Å². The van der Waals surface area contributed by atoms with Crippen LogP contribution in [0.3, 0.4) is 0 Å². The van der Waals surface area contributed by atoms with Crippen molar-refractivity contribution in [2.75, 3.05) is 11.5 Å². The SMILES string of the molecule is CC(N)CCCCSc1ccccc1N. The monoisotopic (exact) mass is 224 g/mol. The van der Waals surface area contributed by atoms with Gasteiger partial charge in [-0.1, -0.05) is 18.6 Å². The van der Waals surface area contributed by atoms with Crippen molar-refractivity contribution >= 4 is 17.4 Å². The van der Waals surface area contributed by atoms with Gasteiger partial charge in [0, 0.05) is 16.6 Å². The van der Waals surface area contributed by atoms with Crippen LogP contribution in [0.5, 0.6) is 0 Å². The molecule has 0 heterocycles. The van der Waals surface area contributed by atoms with Gasteiger partial charge >= 0.3 is 0 Å². The first-order valence-corrected chi connectivity index (χ1v) is 6.41. The van der Waals surface area contributed by atoms with Gasteiger partial charge in [0.2, 0.25) is 0 Å². The third kappa shape index (κ3) is 5.09. The zero-order valence-electron chi connectivity index (χ0n) is 9.28. The van der Waals surface area contributed by atoms with Gasteiger partial charge in [-0.15, -0.1) is 11.8 Å². The summed E-state index contributed by atoms with van der Waals surface area (Å²) < 4.78 is 0. The van der Waals surface area contributed by atoms with Crippen molar-refractivity contribution in [3.8, 4) is 0 Å². The van der Waals surface area contributed by atoms with Gasteiger partial charge in [0.1, 0.15) is 0 Å². The first kappa shape index (κ1) is 12.4. The Bertz CT molecular complexity index is 287. The molecule has 0 fully saturated rings. The zero-order valence-corrected chi connectivity index (χ0v) is 10.1. The fourth-order valence-electron chi connectivity index (χ4n) is 1.36. The quantitative estimate of drug-likeness (QED) is 0.444. The van der Waals surface area contributed by atoms with Gasteiger partial charge in [0.15, 0.2) is 0 Å². The number of thioether (sulfide) groups is 1. The number of unbranched alkanes of at least 4 members (excludes halogenated alkanes) is 1. The lowest BCUT2D eigenvalue weighted by Gasteiger charge is -2.06. The van der Waals surface area contributed by atoms with Crippen LogP contribution in [0.1, 0.15) is 26.2 Å². The molecule has 0 saturated heterocycles. The molecule has 1 unspecified atom stereocenters. The maximum Gasteiger partial charge on any atom is 0.0452 e. The molecular formula is C12H20N2S. The Hall–Kier alpha value is -0.670. The van der Waals surface area contributed by atoms with Crippen molar-refractivity contribution in [3.05, 3.63) is 24.3 Å². The van der Waals surface area contributed by atoms with E-state index in [0.29, 0.717) is 6.04 Å². The van der Waals surface area contributed by atoms with E-state index >= 15 is 0 Å². The Morgan fingerprint density at radius 1 is 1.27 bits per heavy atom. The van der Waals surface area contributed by atoms with Gasteiger partial charge in [-0.3, -0.25) is 0 Å². The molecule has 1 rings (SSSR count). The van der Waals surface area contributed by atoms with Crippen molar-refractivity contribution in [2.24, 2.45) is 5.73 Å². The summed E-state index contributed by atoms with van der Waals surface area (Å²) in [5, 5.41) is 0. The number of nitrogens with two attached hydrogens (primary N) is 2. The van der Waals surface area contributed by atoms with Gasteiger partial charge in [-0.25, -0.2) is 0 Å². The molecule has 4 N–H and O–H groups in total. The van der Waals surface area contributed by atoms with E-state index in [4.69, 9.17) is 11.5 Å². The van der Waals surface area contributed by atoms with Crippen LogP contribution in [-0.4, -0.2) is 11.8 Å². The Labute approximate surface area is 96.4 Å². The van der Waals surface area contributed by atoms with E-state index in [1.54, 1.807) is 0 Å². The van der Waals surface area contributed by atoms with Gasteiger partial charge in [0.25, 0.3) is 0 Å². The molecular weight excluding hydrogens is 204 g/mol. The second-order valence-electron chi connectivity index (χ2n) is 3.86. The number of anilines is 1. The summed E-state index contributed by atoms with van der Waals surface area (Å²) in [6.45, 7) is 2.06. The molecule has 0 saturated carbocycles. The highest BCUT2D eigenvalue weighted by molar-refractivity contribution is 7.99. The summed E-state index contributed by atoms with van der Waals surface area (Å²) in [6.07, 6.45) is 3.53. The molecule has 0 bridgehead atoms. The number of rotatable bonds is 6. The van der Waals surface area contributed by atoms with E-state index in [1.165, 1.54) is 17.7 Å². The molecule has 2 nitrogen and oxygen atoms in total. The Kier molecular flexibility index (Phi) is 5.58. The molecule has 0 aliphatic rings. The number of benzene rings is 1. The van der Waals surface area contributed by atoms with Crippen molar-refractivity contribution in [3.63, 3.8) is 0 Å². The fourth-order valence-corrected chi connectivity index (χ4v) is 2.34. The molecule has 0 aromatic heterocycles. The minimum Gasteiger partial charge on any atom is -0.398 e. The third-order valence-electron chi connectivity index (χ3n) is 2.23. The second kappa shape index (κ2) is 6.75. The van der Waals surface area contributed by atoms with Gasteiger partial charge in [-0.05, 0) is 37.7 Å². The molecule has 0 aliphatic heterocycles. The highest BCUT2D eigenvalue weighted by Gasteiger charge is 1.99. The van der Waals surface area contributed by atoms with Gasteiger partial charge < -0.3 is 11.5 Å². The molecule has 0 amide bonds. The highest BCUT2D eigenvalue weighted by atomic mass is 32.2. The fraction of sp³-hybridized carbons (Fsp3) is 0.500. The van der Waals surface area contributed by atoms with E-state index in [0.717, 1.165) is 17.9 Å². The second-order valence-corrected chi connectivity index (χ2v) is 5.00. The van der Waals surface area contributed by atoms with Crippen LogP contribution in [0.15, 0.2) is 29.2 Å². The number of hydrogen-bond donors (Lipinski definition) is 2. The summed E-state index contributed by atoms with van der Waals surface area (Å²) in [5.41, 5.74) is 12.4. The molecule has 0 spiro atoms. The molecule has 0 aliphatic carbocycles. The Balaban J connectivity index is 2.18. The first-order chi connectivity index (χ1) is 7.20. The highest BCUT2D eigenvalue weighted by Crippen LogP contribution is 2.25. The Morgan fingerprint density at radius 2 is 2.00 bits per heavy atom. The Morgan fingerprint density at radius 3 is 2.67 bits per heavy atom. The normalized spacial score (nSPS) is 12.7. The van der Waals surface area contributed by atoms with Crippen LogP contribution in [0.4, 0.5) is 5.69 Å². The van der Waals surface area contributed by atoms with Crippen molar-refractivity contribution in [2.45, 2.75) is 37.1 Å². The van der Waals surface area contributed by atoms with E-state index in [1.807, 2.05) is 30.0 Å². The largest absolute Gasteiger partial charge is 0.398 e. The molecule has 3 heteroatoms. The van der Waals surface area contributed by atoms with Crippen molar-refractivity contribution in [1.82, 2.24) is 0 Å². The maximum absolute atomic E-state index is 5.84. The molecule has 0 radical (unpaired) electrons. The third-order valence-corrected chi connectivity index (χ3v) is 3.41. The van der Waals surface area contributed by atoms with E-state index in [2.05, 4.69) is 13.0 Å². The first-order valence-electron chi connectivity index (χ1n) is 5.43. The summed E-state index contributed by atoms with van der Waals surface area (Å²) in [5.74, 6) is 1.13. The minimum atomic E-state index is 0.330. The topological polar surface area (TPSA) is 52.0 Å². The lowest BCUT2D eigenvalue weighted by atomic mass is 10.2. The summed E-state index contributed by atoms with van der Waals surface area (Å²) in [7, 11) is 0. The lowest BCUT2D eigenvalue weighted by Crippen LogP contribution is -2.14. The predicted molar refractivity (Wildman–Crippen MR) is 69.1 cm³/mol. The van der Waals surface area contributed by atoms with E-state index < -0.39 is 0 Å². The minimum absolute atomic E-state index is 0.330. The van der Waals surface area contributed by atoms with Crippen LogP contribution < -0.4 is 11.5 Å². The average molecular weight is 224 g/mol. The van der Waals surface area contributed by atoms with E-state index in [-0.39, 0.29) is 0 Å². The molecule has 15 heavy (non-hydrogen) atoms. The van der Waals surface area contributed by atoms with Gasteiger partial charge in [-0.2, -0.15) is 0 Å². The summed E-state index contributed by atoms with van der Waals surface area (Å²) in [4.78, 5) is 1.19.